The summed E-state index contributed by atoms with van der Waals surface area (Å²) >= 11 is 0. The normalized spacial score (nSPS) is 12.8. The fraction of sp³-hybridized carbons (Fsp3) is 0.273. The number of hydrogen-bond donors (Lipinski definition) is 2. The van der Waals surface area contributed by atoms with E-state index < -0.39 is 11.7 Å². The lowest BCUT2D eigenvalue weighted by molar-refractivity contribution is -0.137. The zero-order valence-electron chi connectivity index (χ0n) is 16.0. The van der Waals surface area contributed by atoms with Crippen LogP contribution in [0.1, 0.15) is 34.8 Å². The van der Waals surface area contributed by atoms with Crippen molar-refractivity contribution in [3.63, 3.8) is 0 Å². The van der Waals surface area contributed by atoms with Crippen molar-refractivity contribution < 1.29 is 23.1 Å². The minimum atomic E-state index is -4.39. The van der Waals surface area contributed by atoms with Gasteiger partial charge in [-0.15, -0.1) is 0 Å². The molecule has 1 atom stereocenters. The molecule has 0 saturated heterocycles. The number of pyridine rings is 1. The number of rotatable bonds is 5. The summed E-state index contributed by atoms with van der Waals surface area (Å²) in [7, 11) is 0. The van der Waals surface area contributed by atoms with E-state index in [0.29, 0.717) is 28.8 Å². The number of nitrogens with zero attached hydrogens (tertiary/aromatic N) is 1. The van der Waals surface area contributed by atoms with Gasteiger partial charge in [0.05, 0.1) is 16.8 Å². The van der Waals surface area contributed by atoms with Crippen molar-refractivity contribution in [2.24, 2.45) is 0 Å². The molecule has 0 saturated carbocycles. The zero-order chi connectivity index (χ0) is 21.2. The summed E-state index contributed by atoms with van der Waals surface area (Å²) in [4.78, 5) is 17.0. The fourth-order valence-corrected chi connectivity index (χ4v) is 3.09. The third-order valence-corrected chi connectivity index (χ3v) is 4.73. The number of fused-ring (bicyclic) bond motifs is 1. The molecule has 4 nitrogen and oxygen atoms in total. The lowest BCUT2D eigenvalue weighted by atomic mass is 10.0. The Morgan fingerprint density at radius 1 is 1.14 bits per heavy atom. The molecule has 0 radical (unpaired) electrons. The van der Waals surface area contributed by atoms with E-state index in [-0.39, 0.29) is 18.6 Å². The van der Waals surface area contributed by atoms with Gasteiger partial charge in [0.2, 0.25) is 0 Å². The van der Waals surface area contributed by atoms with Crippen LogP contribution in [0.25, 0.3) is 22.2 Å². The summed E-state index contributed by atoms with van der Waals surface area (Å²) in [6.07, 6.45) is -3.94. The Kier molecular flexibility index (Phi) is 5.88. The molecule has 2 aromatic carbocycles. The van der Waals surface area contributed by atoms with Gasteiger partial charge in [-0.3, -0.25) is 4.79 Å². The maximum absolute atomic E-state index is 12.8. The molecule has 0 unspecified atom stereocenters. The van der Waals surface area contributed by atoms with Crippen molar-refractivity contribution in [2.45, 2.75) is 32.5 Å². The van der Waals surface area contributed by atoms with Gasteiger partial charge in [-0.05, 0) is 56.2 Å². The summed E-state index contributed by atoms with van der Waals surface area (Å²) in [6.45, 7) is 3.68. The molecular weight excluding hydrogens is 381 g/mol. The van der Waals surface area contributed by atoms with Crippen LogP contribution >= 0.6 is 0 Å². The van der Waals surface area contributed by atoms with Gasteiger partial charge >= 0.3 is 6.18 Å². The van der Waals surface area contributed by atoms with Crippen LogP contribution in [0.15, 0.2) is 48.5 Å². The number of nitrogens with one attached hydrogen (secondary N) is 1. The maximum atomic E-state index is 12.8. The van der Waals surface area contributed by atoms with E-state index in [9.17, 15) is 18.0 Å². The van der Waals surface area contributed by atoms with E-state index in [2.05, 4.69) is 10.3 Å². The summed E-state index contributed by atoms with van der Waals surface area (Å²) in [5.41, 5.74) is 2.31. The summed E-state index contributed by atoms with van der Waals surface area (Å²) < 4.78 is 38.4. The van der Waals surface area contributed by atoms with Gasteiger partial charge in [-0.1, -0.05) is 18.2 Å². The van der Waals surface area contributed by atoms with Crippen LogP contribution in [-0.4, -0.2) is 28.6 Å². The number of aromatic nitrogens is 1. The molecular formula is C22H21F3N2O2. The molecule has 0 bridgehead atoms. The first kappa shape index (κ1) is 20.8. The third-order valence-electron chi connectivity index (χ3n) is 4.73. The number of aliphatic hydroxyl groups is 1. The summed E-state index contributed by atoms with van der Waals surface area (Å²) in [5.74, 6) is -0.271. The predicted octanol–water partition coefficient (Wildman–Crippen LogP) is 4.73. The van der Waals surface area contributed by atoms with E-state index in [1.54, 1.807) is 25.1 Å². The molecule has 1 heterocycles. The van der Waals surface area contributed by atoms with E-state index >= 15 is 0 Å². The number of amides is 1. The van der Waals surface area contributed by atoms with Gasteiger partial charge in [0.25, 0.3) is 5.91 Å². The lowest BCUT2D eigenvalue weighted by Gasteiger charge is -2.13. The molecule has 2 N–H and O–H groups in total. The average molecular weight is 402 g/mol. The second-order valence-corrected chi connectivity index (χ2v) is 7.02. The molecule has 1 aromatic heterocycles. The van der Waals surface area contributed by atoms with Crippen molar-refractivity contribution in [1.29, 1.82) is 0 Å². The lowest BCUT2D eigenvalue weighted by Crippen LogP contribution is -2.33. The number of alkyl halides is 3. The highest BCUT2D eigenvalue weighted by molar-refractivity contribution is 5.98. The molecule has 0 aliphatic carbocycles. The second-order valence-electron chi connectivity index (χ2n) is 7.02. The van der Waals surface area contributed by atoms with Gasteiger partial charge in [0.15, 0.2) is 0 Å². The number of hydrogen-bond acceptors (Lipinski definition) is 3. The first-order chi connectivity index (χ1) is 13.7. The Morgan fingerprint density at radius 2 is 1.83 bits per heavy atom. The minimum Gasteiger partial charge on any atom is -0.396 e. The monoisotopic (exact) mass is 402 g/mol. The molecule has 0 aliphatic rings. The Morgan fingerprint density at radius 3 is 2.45 bits per heavy atom. The number of carbonyl (C=O) groups is 1. The topological polar surface area (TPSA) is 62.2 Å². The van der Waals surface area contributed by atoms with E-state index in [0.717, 1.165) is 23.1 Å². The highest BCUT2D eigenvalue weighted by atomic mass is 19.4. The number of aryl methyl sites for hydroxylation is 1. The van der Waals surface area contributed by atoms with Crippen LogP contribution in [0, 0.1) is 6.92 Å². The zero-order valence-corrected chi connectivity index (χ0v) is 16.0. The van der Waals surface area contributed by atoms with Crippen LogP contribution in [-0.2, 0) is 6.18 Å². The Labute approximate surface area is 166 Å². The SMILES string of the molecule is Cc1cc(-c2ccc(C(F)(F)F)cc2)nc2cc(C(=O)N[C@H](C)CCO)ccc12. The van der Waals surface area contributed by atoms with E-state index in [4.69, 9.17) is 5.11 Å². The number of aliphatic hydroxyl groups excluding tert-OH is 1. The van der Waals surface area contributed by atoms with Crippen LogP contribution in [0.4, 0.5) is 13.2 Å². The molecule has 3 aromatic rings. The van der Waals surface area contributed by atoms with Gasteiger partial charge in [-0.25, -0.2) is 4.98 Å². The molecule has 1 amide bonds. The molecule has 29 heavy (non-hydrogen) atoms. The minimum absolute atomic E-state index is 0.0175. The fourth-order valence-electron chi connectivity index (χ4n) is 3.09. The molecule has 152 valence electrons. The maximum Gasteiger partial charge on any atom is 0.416 e. The Hall–Kier alpha value is -2.93. The van der Waals surface area contributed by atoms with Crippen LogP contribution in [0.5, 0.6) is 0 Å². The van der Waals surface area contributed by atoms with Crippen molar-refractivity contribution in [3.05, 3.63) is 65.2 Å². The number of carbonyl (C=O) groups excluding carboxylic acids is 1. The van der Waals surface area contributed by atoms with Crippen LogP contribution < -0.4 is 5.32 Å². The van der Waals surface area contributed by atoms with Crippen molar-refractivity contribution >= 4 is 16.8 Å². The van der Waals surface area contributed by atoms with Crippen molar-refractivity contribution in [2.75, 3.05) is 6.61 Å². The summed E-state index contributed by atoms with van der Waals surface area (Å²) in [5, 5.41) is 12.6. The molecule has 0 spiro atoms. The molecule has 0 fully saturated rings. The molecule has 7 heteroatoms. The van der Waals surface area contributed by atoms with Crippen LogP contribution in [0.2, 0.25) is 0 Å². The van der Waals surface area contributed by atoms with Gasteiger partial charge < -0.3 is 10.4 Å². The Balaban J connectivity index is 1.95. The average Bonchev–Trinajstić information content (AvgIpc) is 2.67. The highest BCUT2D eigenvalue weighted by Crippen LogP contribution is 2.31. The highest BCUT2D eigenvalue weighted by Gasteiger charge is 2.30. The largest absolute Gasteiger partial charge is 0.416 e. The smallest absolute Gasteiger partial charge is 0.396 e. The van der Waals surface area contributed by atoms with Gasteiger partial charge in [0.1, 0.15) is 0 Å². The van der Waals surface area contributed by atoms with Crippen molar-refractivity contribution in [3.8, 4) is 11.3 Å². The van der Waals surface area contributed by atoms with E-state index in [1.165, 1.54) is 12.1 Å². The quantitative estimate of drug-likeness (QED) is 0.649. The van der Waals surface area contributed by atoms with E-state index in [1.807, 2.05) is 13.0 Å². The standard InChI is InChI=1S/C22H21F3N2O2/c1-13-11-19(15-3-6-17(7-4-15)22(23,24)25)27-20-12-16(5-8-18(13)20)21(29)26-14(2)9-10-28/h3-8,11-12,14,28H,9-10H2,1-2H3,(H,26,29)/t14-/m1/s1. The first-order valence-corrected chi connectivity index (χ1v) is 9.20. The van der Waals surface area contributed by atoms with Gasteiger partial charge in [0, 0.05) is 29.2 Å². The predicted molar refractivity (Wildman–Crippen MR) is 106 cm³/mol. The summed E-state index contributed by atoms with van der Waals surface area (Å²) in [6, 6.07) is 11.7. The second kappa shape index (κ2) is 8.21. The Bertz CT molecular complexity index is 1030. The first-order valence-electron chi connectivity index (χ1n) is 9.20. The molecule has 3 rings (SSSR count). The number of halogens is 3. The van der Waals surface area contributed by atoms with Gasteiger partial charge in [-0.2, -0.15) is 13.2 Å². The number of benzene rings is 2. The molecule has 0 aliphatic heterocycles. The van der Waals surface area contributed by atoms with Crippen molar-refractivity contribution in [1.82, 2.24) is 10.3 Å². The van der Waals surface area contributed by atoms with Crippen LogP contribution in [0.3, 0.4) is 0 Å². The third kappa shape index (κ3) is 4.74.